The fourth-order valence-electron chi connectivity index (χ4n) is 1.68. The first kappa shape index (κ1) is 13.7. The molecule has 1 aromatic heterocycles. The molecular formula is C12H10Br2NO3-. The van der Waals surface area contributed by atoms with E-state index in [2.05, 4.69) is 36.8 Å². The Morgan fingerprint density at radius 3 is 2.44 bits per heavy atom. The molecule has 0 atom stereocenters. The van der Waals surface area contributed by atoms with Gasteiger partial charge in [-0.05, 0) is 18.2 Å². The van der Waals surface area contributed by atoms with Gasteiger partial charge in [-0.25, -0.2) is 4.98 Å². The molecule has 18 heavy (non-hydrogen) atoms. The van der Waals surface area contributed by atoms with Gasteiger partial charge < -0.3 is 14.6 Å². The first-order valence-electron chi connectivity index (χ1n) is 5.09. The highest BCUT2D eigenvalue weighted by Gasteiger charge is 2.12. The summed E-state index contributed by atoms with van der Waals surface area (Å²) >= 11 is 6.62. The van der Waals surface area contributed by atoms with E-state index in [0.717, 1.165) is 9.86 Å². The number of benzene rings is 1. The molecule has 0 saturated heterocycles. The summed E-state index contributed by atoms with van der Waals surface area (Å²) in [5.74, 6) is -0.152. The number of halogens is 2. The third-order valence-corrected chi connectivity index (χ3v) is 3.77. The van der Waals surface area contributed by atoms with Crippen LogP contribution in [0.1, 0.15) is 12.0 Å². The fraction of sp³-hybridized carbons (Fsp3) is 0.250. The van der Waals surface area contributed by atoms with Crippen LogP contribution in [0, 0.1) is 0 Å². The minimum Gasteiger partial charge on any atom is -0.870 e. The van der Waals surface area contributed by atoms with Crippen molar-refractivity contribution in [2.24, 2.45) is 0 Å². The highest BCUT2D eigenvalue weighted by atomic mass is 79.9. The quantitative estimate of drug-likeness (QED) is 0.773. The molecule has 2 rings (SSSR count). The van der Waals surface area contributed by atoms with E-state index in [9.17, 15) is 5.11 Å². The van der Waals surface area contributed by atoms with E-state index in [0.29, 0.717) is 15.7 Å². The minimum atomic E-state index is -0.577. The maximum absolute atomic E-state index is 12.0. The highest BCUT2D eigenvalue weighted by molar-refractivity contribution is 9.11. The number of ether oxygens (including phenoxy) is 2. The molecule has 6 heteroatoms. The molecule has 2 aromatic rings. The molecule has 0 saturated carbocycles. The molecule has 0 aliphatic carbocycles. The number of fused-ring (bicyclic) bond motifs is 1. The van der Waals surface area contributed by atoms with Crippen LogP contribution in [0.4, 0.5) is 0 Å². The van der Waals surface area contributed by atoms with Gasteiger partial charge in [-0.3, -0.25) is 0 Å². The van der Waals surface area contributed by atoms with Crippen molar-refractivity contribution in [3.63, 3.8) is 0 Å². The molecule has 96 valence electrons. The number of hydrogen-bond acceptors (Lipinski definition) is 4. The summed E-state index contributed by atoms with van der Waals surface area (Å²) in [6.45, 7) is 0. The largest absolute Gasteiger partial charge is 0.870 e. The zero-order valence-corrected chi connectivity index (χ0v) is 12.9. The Balaban J connectivity index is 2.67. The predicted octanol–water partition coefficient (Wildman–Crippen LogP) is 3.12. The lowest BCUT2D eigenvalue weighted by molar-refractivity contribution is -0.267. The van der Waals surface area contributed by atoms with Crippen LogP contribution in [0.2, 0.25) is 0 Å². The van der Waals surface area contributed by atoms with Gasteiger partial charge in [0.05, 0.1) is 11.2 Å². The average molecular weight is 376 g/mol. The molecule has 0 bridgehead atoms. The molecule has 0 spiro atoms. The van der Waals surface area contributed by atoms with Crippen LogP contribution in [0.3, 0.4) is 0 Å². The van der Waals surface area contributed by atoms with Crippen molar-refractivity contribution in [2.45, 2.75) is 6.29 Å². The number of pyridine rings is 1. The van der Waals surface area contributed by atoms with Gasteiger partial charge in [0, 0.05) is 28.6 Å². The Kier molecular flexibility index (Phi) is 4.21. The van der Waals surface area contributed by atoms with Crippen molar-refractivity contribution in [3.05, 3.63) is 32.8 Å². The van der Waals surface area contributed by atoms with Gasteiger partial charge in [0.2, 0.25) is 6.29 Å². The van der Waals surface area contributed by atoms with Gasteiger partial charge in [0.1, 0.15) is 0 Å². The third-order valence-electron chi connectivity index (χ3n) is 2.53. The number of nitrogens with zero attached hydrogens (tertiary/aromatic N) is 1. The monoisotopic (exact) mass is 374 g/mol. The first-order chi connectivity index (χ1) is 8.58. The van der Waals surface area contributed by atoms with Gasteiger partial charge in [-0.2, -0.15) is 0 Å². The van der Waals surface area contributed by atoms with Gasteiger partial charge in [0.25, 0.3) is 0 Å². The number of aromatic nitrogens is 1. The van der Waals surface area contributed by atoms with Crippen molar-refractivity contribution in [2.75, 3.05) is 14.2 Å². The topological polar surface area (TPSA) is 54.4 Å². The average Bonchev–Trinajstić information content (AvgIpc) is 2.37. The lowest BCUT2D eigenvalue weighted by Crippen LogP contribution is -2.07. The molecule has 0 fully saturated rings. The second-order valence-electron chi connectivity index (χ2n) is 3.60. The van der Waals surface area contributed by atoms with Crippen molar-refractivity contribution >= 4 is 42.8 Å². The van der Waals surface area contributed by atoms with Crippen molar-refractivity contribution < 1.29 is 14.6 Å². The van der Waals surface area contributed by atoms with Crippen LogP contribution in [0.25, 0.3) is 10.9 Å². The summed E-state index contributed by atoms with van der Waals surface area (Å²) < 4.78 is 11.5. The molecule has 4 nitrogen and oxygen atoms in total. The molecule has 0 N–H and O–H groups in total. The molecular weight excluding hydrogens is 366 g/mol. The van der Waals surface area contributed by atoms with Crippen LogP contribution in [0.15, 0.2) is 27.1 Å². The summed E-state index contributed by atoms with van der Waals surface area (Å²) in [7, 11) is 3.05. The van der Waals surface area contributed by atoms with Crippen LogP contribution >= 0.6 is 31.9 Å². The van der Waals surface area contributed by atoms with Crippen LogP contribution in [-0.4, -0.2) is 19.2 Å². The summed E-state index contributed by atoms with van der Waals surface area (Å²) in [6, 6.07) is 5.31. The molecule has 0 unspecified atom stereocenters. The number of rotatable bonds is 3. The second-order valence-corrected chi connectivity index (χ2v) is 5.31. The highest BCUT2D eigenvalue weighted by Crippen LogP contribution is 2.35. The fourth-order valence-corrected chi connectivity index (χ4v) is 2.95. The predicted molar refractivity (Wildman–Crippen MR) is 73.3 cm³/mol. The molecule has 1 heterocycles. The van der Waals surface area contributed by atoms with Gasteiger partial charge in [-0.1, -0.05) is 37.6 Å². The van der Waals surface area contributed by atoms with E-state index in [4.69, 9.17) is 9.47 Å². The maximum atomic E-state index is 12.0. The summed E-state index contributed by atoms with van der Waals surface area (Å²) in [6.07, 6.45) is -0.577. The summed E-state index contributed by atoms with van der Waals surface area (Å²) in [5.41, 5.74) is 0.947. The second kappa shape index (κ2) is 5.52. The SMILES string of the molecule is COC(OC)c1ccc2c(Br)cc(Br)c([O-])c2n1. The Morgan fingerprint density at radius 2 is 1.83 bits per heavy atom. The minimum absolute atomic E-state index is 0.152. The molecule has 0 radical (unpaired) electrons. The lowest BCUT2D eigenvalue weighted by atomic mass is 10.2. The maximum Gasteiger partial charge on any atom is 0.200 e. The Morgan fingerprint density at radius 1 is 1.17 bits per heavy atom. The zero-order valence-electron chi connectivity index (χ0n) is 9.74. The smallest absolute Gasteiger partial charge is 0.200 e. The van der Waals surface area contributed by atoms with Crippen LogP contribution in [-0.2, 0) is 9.47 Å². The lowest BCUT2D eigenvalue weighted by Gasteiger charge is -2.17. The van der Waals surface area contributed by atoms with E-state index < -0.39 is 6.29 Å². The summed E-state index contributed by atoms with van der Waals surface area (Å²) in [4.78, 5) is 4.32. The molecule has 0 amide bonds. The third kappa shape index (κ3) is 2.38. The van der Waals surface area contributed by atoms with Gasteiger partial charge in [0.15, 0.2) is 0 Å². The van der Waals surface area contributed by atoms with Crippen LogP contribution < -0.4 is 5.11 Å². The van der Waals surface area contributed by atoms with Crippen LogP contribution in [0.5, 0.6) is 5.75 Å². The standard InChI is InChI=1S/C12H11Br2NO3/c1-17-12(18-2)9-4-3-6-7(13)5-8(14)11(16)10(6)15-9/h3-5,12,16H,1-2H3/p-1. The number of hydrogen-bond donors (Lipinski definition) is 0. The normalized spacial score (nSPS) is 11.4. The van der Waals surface area contributed by atoms with Gasteiger partial charge in [-0.15, -0.1) is 0 Å². The Labute approximate surface area is 121 Å². The van der Waals surface area contributed by atoms with E-state index in [-0.39, 0.29) is 5.75 Å². The zero-order chi connectivity index (χ0) is 13.3. The van der Waals surface area contributed by atoms with Crippen molar-refractivity contribution in [3.8, 4) is 5.75 Å². The Bertz CT molecular complexity index is 585. The molecule has 1 aromatic carbocycles. The Hall–Kier alpha value is -0.690. The van der Waals surface area contributed by atoms with Crippen molar-refractivity contribution in [1.29, 1.82) is 0 Å². The molecule has 0 aliphatic heterocycles. The van der Waals surface area contributed by atoms with Crippen molar-refractivity contribution in [1.82, 2.24) is 4.98 Å². The summed E-state index contributed by atoms with van der Waals surface area (Å²) in [5, 5.41) is 12.8. The van der Waals surface area contributed by atoms with Gasteiger partial charge >= 0.3 is 0 Å². The van der Waals surface area contributed by atoms with E-state index in [1.807, 2.05) is 6.07 Å². The van der Waals surface area contributed by atoms with E-state index in [1.54, 1.807) is 12.1 Å². The molecule has 0 aliphatic rings. The first-order valence-corrected chi connectivity index (χ1v) is 6.68. The van der Waals surface area contributed by atoms with E-state index in [1.165, 1.54) is 14.2 Å². The van der Waals surface area contributed by atoms with E-state index >= 15 is 0 Å². The number of methoxy groups -OCH3 is 2.